The Kier molecular flexibility index (Phi) is 2.96. The van der Waals surface area contributed by atoms with Gasteiger partial charge >= 0.3 is 5.76 Å². The van der Waals surface area contributed by atoms with Gasteiger partial charge in [0, 0.05) is 5.56 Å². The van der Waals surface area contributed by atoms with Gasteiger partial charge in [0.2, 0.25) is 0 Å². The zero-order chi connectivity index (χ0) is 15.1. The number of aromatic nitrogens is 3. The van der Waals surface area contributed by atoms with Crippen molar-refractivity contribution in [3.63, 3.8) is 0 Å². The van der Waals surface area contributed by atoms with E-state index in [0.717, 1.165) is 18.5 Å². The highest BCUT2D eigenvalue weighted by Gasteiger charge is 2.19. The largest absolute Gasteiger partial charge is 0.417 e. The number of oxazole rings is 1. The summed E-state index contributed by atoms with van der Waals surface area (Å²) >= 11 is 0. The average Bonchev–Trinajstić information content (AvgIpc) is 2.85. The van der Waals surface area contributed by atoms with Gasteiger partial charge in [-0.05, 0) is 6.07 Å². The highest BCUT2D eigenvalue weighted by molar-refractivity contribution is 5.89. The van der Waals surface area contributed by atoms with E-state index in [9.17, 15) is 22.4 Å². The Bertz CT molecular complexity index is 871. The van der Waals surface area contributed by atoms with Crippen molar-refractivity contribution in [1.29, 1.82) is 0 Å². The smallest absolute Gasteiger partial charge is 0.407 e. The second kappa shape index (κ2) is 4.69. The summed E-state index contributed by atoms with van der Waals surface area (Å²) in [5.74, 6) is -3.50. The van der Waals surface area contributed by atoms with Gasteiger partial charge in [-0.25, -0.2) is 22.4 Å². The average molecular weight is 299 g/mol. The molecule has 0 fully saturated rings. The van der Waals surface area contributed by atoms with Crippen molar-refractivity contribution in [2.75, 3.05) is 0 Å². The van der Waals surface area contributed by atoms with E-state index in [1.165, 1.54) is 0 Å². The minimum atomic E-state index is -2.80. The van der Waals surface area contributed by atoms with Crippen LogP contribution in [0.2, 0.25) is 0 Å². The summed E-state index contributed by atoms with van der Waals surface area (Å²) in [6.07, 6.45) is -1.04. The number of aromatic amines is 1. The first-order valence-electron chi connectivity index (χ1n) is 5.58. The standard InChI is InChI=1S/C12H5F4N3O2/c13-5-1-4(6-2-18-7(3-17-6)11(15)16)10-9(8(5)14)19-12(20)21-10/h1-3,11H,(H,19,20). The molecule has 0 saturated carbocycles. The van der Waals surface area contributed by atoms with Crippen LogP contribution in [0.4, 0.5) is 17.6 Å². The molecule has 0 aliphatic carbocycles. The van der Waals surface area contributed by atoms with Crippen LogP contribution in [0.3, 0.4) is 0 Å². The Morgan fingerprint density at radius 1 is 1.19 bits per heavy atom. The SMILES string of the molecule is O=c1[nH]c2c(F)c(F)cc(-c3cnc(C(F)F)cn3)c2o1. The van der Waals surface area contributed by atoms with E-state index < -0.39 is 35.0 Å². The first kappa shape index (κ1) is 13.3. The fourth-order valence-electron chi connectivity index (χ4n) is 1.83. The van der Waals surface area contributed by atoms with Crippen LogP contribution < -0.4 is 5.76 Å². The predicted octanol–water partition coefficient (Wildman–Crippen LogP) is 2.79. The number of hydrogen-bond acceptors (Lipinski definition) is 4. The van der Waals surface area contributed by atoms with Gasteiger partial charge < -0.3 is 4.42 Å². The molecular formula is C12H5F4N3O2. The molecule has 1 N–H and O–H groups in total. The van der Waals surface area contributed by atoms with Crippen LogP contribution in [0.1, 0.15) is 12.1 Å². The molecule has 0 saturated heterocycles. The fraction of sp³-hybridized carbons (Fsp3) is 0.0833. The van der Waals surface area contributed by atoms with E-state index >= 15 is 0 Å². The second-order valence-corrected chi connectivity index (χ2v) is 4.07. The number of alkyl halides is 2. The van der Waals surface area contributed by atoms with Crippen LogP contribution in [0.5, 0.6) is 0 Å². The molecule has 0 aliphatic heterocycles. The molecule has 0 aliphatic rings. The molecule has 5 nitrogen and oxygen atoms in total. The van der Waals surface area contributed by atoms with Crippen molar-refractivity contribution in [2.45, 2.75) is 6.43 Å². The highest BCUT2D eigenvalue weighted by Crippen LogP contribution is 2.29. The van der Waals surface area contributed by atoms with Crippen LogP contribution in [0.15, 0.2) is 27.7 Å². The van der Waals surface area contributed by atoms with Crippen LogP contribution >= 0.6 is 0 Å². The Morgan fingerprint density at radius 3 is 2.57 bits per heavy atom. The third-order valence-electron chi connectivity index (χ3n) is 2.77. The van der Waals surface area contributed by atoms with E-state index in [1.54, 1.807) is 0 Å². The molecule has 0 spiro atoms. The Labute approximate surface area is 113 Å². The molecule has 0 unspecified atom stereocenters. The molecule has 0 radical (unpaired) electrons. The van der Waals surface area contributed by atoms with Gasteiger partial charge in [-0.2, -0.15) is 0 Å². The zero-order valence-corrected chi connectivity index (χ0v) is 10.0. The first-order chi connectivity index (χ1) is 9.97. The van der Waals surface area contributed by atoms with Gasteiger partial charge in [-0.15, -0.1) is 0 Å². The number of rotatable bonds is 2. The molecule has 108 valence electrons. The van der Waals surface area contributed by atoms with Gasteiger partial charge in [0.05, 0.1) is 18.1 Å². The molecule has 3 rings (SSSR count). The van der Waals surface area contributed by atoms with E-state index in [2.05, 4.69) is 9.97 Å². The van der Waals surface area contributed by atoms with Crippen LogP contribution in [0.25, 0.3) is 22.4 Å². The number of nitrogens with one attached hydrogen (secondary N) is 1. The summed E-state index contributed by atoms with van der Waals surface area (Å²) in [5.41, 5.74) is -1.40. The molecule has 3 aromatic rings. The Hall–Kier alpha value is -2.71. The fourth-order valence-corrected chi connectivity index (χ4v) is 1.83. The molecule has 2 heterocycles. The van der Waals surface area contributed by atoms with Crippen LogP contribution in [-0.2, 0) is 0 Å². The predicted molar refractivity (Wildman–Crippen MR) is 62.7 cm³/mol. The minimum Gasteiger partial charge on any atom is -0.407 e. The molecule has 0 bridgehead atoms. The second-order valence-electron chi connectivity index (χ2n) is 4.07. The molecule has 0 atom stereocenters. The van der Waals surface area contributed by atoms with E-state index in [0.29, 0.717) is 0 Å². The third kappa shape index (κ3) is 2.16. The maximum atomic E-state index is 13.5. The minimum absolute atomic E-state index is 0.0361. The summed E-state index contributed by atoms with van der Waals surface area (Å²) in [4.78, 5) is 20.3. The first-order valence-corrected chi connectivity index (χ1v) is 5.58. The lowest BCUT2D eigenvalue weighted by atomic mass is 10.1. The van der Waals surface area contributed by atoms with Gasteiger partial charge in [-0.3, -0.25) is 15.0 Å². The monoisotopic (exact) mass is 299 g/mol. The Balaban J connectivity index is 2.24. The van der Waals surface area contributed by atoms with Crippen molar-refractivity contribution < 1.29 is 22.0 Å². The van der Waals surface area contributed by atoms with Gasteiger partial charge in [0.25, 0.3) is 6.43 Å². The number of halogens is 4. The van der Waals surface area contributed by atoms with E-state index in [-0.39, 0.29) is 16.8 Å². The van der Waals surface area contributed by atoms with Crippen molar-refractivity contribution in [1.82, 2.24) is 15.0 Å². The molecular weight excluding hydrogens is 294 g/mol. The normalized spacial score (nSPS) is 11.5. The van der Waals surface area contributed by atoms with Crippen LogP contribution in [-0.4, -0.2) is 15.0 Å². The zero-order valence-electron chi connectivity index (χ0n) is 10.0. The van der Waals surface area contributed by atoms with Crippen molar-refractivity contribution in [3.05, 3.63) is 46.3 Å². The summed E-state index contributed by atoms with van der Waals surface area (Å²) in [6, 6.07) is 0.751. The van der Waals surface area contributed by atoms with Gasteiger partial charge in [0.1, 0.15) is 11.2 Å². The molecule has 9 heteroatoms. The van der Waals surface area contributed by atoms with Crippen molar-refractivity contribution in [2.24, 2.45) is 0 Å². The lowest BCUT2D eigenvalue weighted by Crippen LogP contribution is -1.95. The molecule has 2 aromatic heterocycles. The summed E-state index contributed by atoms with van der Waals surface area (Å²) in [7, 11) is 0. The van der Waals surface area contributed by atoms with Crippen LogP contribution in [0, 0.1) is 11.6 Å². The maximum Gasteiger partial charge on any atom is 0.417 e. The third-order valence-corrected chi connectivity index (χ3v) is 2.77. The van der Waals surface area contributed by atoms with Gasteiger partial charge in [0.15, 0.2) is 17.2 Å². The summed E-state index contributed by atoms with van der Waals surface area (Å²) < 4.78 is 56.6. The summed E-state index contributed by atoms with van der Waals surface area (Å²) in [6.45, 7) is 0. The quantitative estimate of drug-likeness (QED) is 0.739. The molecule has 0 amide bonds. The number of benzene rings is 1. The number of fused-ring (bicyclic) bond motifs is 1. The number of H-pyrrole nitrogens is 1. The van der Waals surface area contributed by atoms with Crippen molar-refractivity contribution in [3.8, 4) is 11.3 Å². The topological polar surface area (TPSA) is 71.8 Å². The van der Waals surface area contributed by atoms with E-state index in [4.69, 9.17) is 4.42 Å². The lowest BCUT2D eigenvalue weighted by molar-refractivity contribution is 0.145. The van der Waals surface area contributed by atoms with E-state index in [1.807, 2.05) is 4.98 Å². The van der Waals surface area contributed by atoms with Crippen molar-refractivity contribution >= 4 is 11.1 Å². The number of nitrogens with zero attached hydrogens (tertiary/aromatic N) is 2. The molecule has 21 heavy (non-hydrogen) atoms. The highest BCUT2D eigenvalue weighted by atomic mass is 19.3. The maximum absolute atomic E-state index is 13.5. The summed E-state index contributed by atoms with van der Waals surface area (Å²) in [5, 5.41) is 0. The molecule has 1 aromatic carbocycles. The van der Waals surface area contributed by atoms with Gasteiger partial charge in [-0.1, -0.05) is 0 Å². The Morgan fingerprint density at radius 2 is 1.95 bits per heavy atom. The lowest BCUT2D eigenvalue weighted by Gasteiger charge is -2.04. The number of hydrogen-bond donors (Lipinski definition) is 1.